The first-order chi connectivity index (χ1) is 16.3. The van der Waals surface area contributed by atoms with Crippen molar-refractivity contribution in [1.82, 2.24) is 15.2 Å². The van der Waals surface area contributed by atoms with Gasteiger partial charge in [-0.3, -0.25) is 4.79 Å². The largest absolute Gasteiger partial charge is 0.497 e. The number of nitrogens with zero attached hydrogens (tertiary/aromatic N) is 2. The number of anilines is 1. The van der Waals surface area contributed by atoms with Crippen molar-refractivity contribution in [3.8, 4) is 5.75 Å². The van der Waals surface area contributed by atoms with Gasteiger partial charge in [0.1, 0.15) is 16.5 Å². The Balaban J connectivity index is 1.56. The number of benzene rings is 2. The van der Waals surface area contributed by atoms with Crippen molar-refractivity contribution in [1.29, 1.82) is 0 Å². The molecule has 34 heavy (non-hydrogen) atoms. The van der Waals surface area contributed by atoms with Crippen LogP contribution in [0.25, 0.3) is 0 Å². The number of carbonyl (C=O) groups excluding carboxylic acids is 2. The van der Waals surface area contributed by atoms with E-state index in [1.165, 1.54) is 11.3 Å². The van der Waals surface area contributed by atoms with Crippen molar-refractivity contribution in [2.45, 2.75) is 32.9 Å². The summed E-state index contributed by atoms with van der Waals surface area (Å²) in [6.07, 6.45) is 0.575. The number of nitrogens with one attached hydrogen (secondary N) is 2. The first-order valence-corrected chi connectivity index (χ1v) is 12.3. The van der Waals surface area contributed by atoms with E-state index in [9.17, 15) is 9.59 Å². The van der Waals surface area contributed by atoms with Gasteiger partial charge in [-0.1, -0.05) is 29.3 Å². The van der Waals surface area contributed by atoms with Gasteiger partial charge >= 0.3 is 6.03 Å². The Kier molecular flexibility index (Phi) is 9.15. The molecule has 0 spiro atoms. The van der Waals surface area contributed by atoms with Crippen molar-refractivity contribution >= 4 is 52.2 Å². The third-order valence-corrected chi connectivity index (χ3v) is 6.43. The van der Waals surface area contributed by atoms with Gasteiger partial charge in [0.15, 0.2) is 0 Å². The number of ether oxygens (including phenoxy) is 1. The number of aromatic nitrogens is 1. The summed E-state index contributed by atoms with van der Waals surface area (Å²) in [5.74, 6) is 0.440. The van der Waals surface area contributed by atoms with Gasteiger partial charge < -0.3 is 20.3 Å². The van der Waals surface area contributed by atoms with Crippen LogP contribution >= 0.6 is 34.5 Å². The Morgan fingerprint density at radius 3 is 2.53 bits per heavy atom. The number of carbonyl (C=O) groups is 2. The molecule has 3 aromatic rings. The Morgan fingerprint density at radius 2 is 1.88 bits per heavy atom. The molecule has 10 heteroatoms. The Bertz CT molecular complexity index is 1140. The third-order valence-electron chi connectivity index (χ3n) is 5.01. The zero-order chi connectivity index (χ0) is 24.7. The van der Waals surface area contributed by atoms with Crippen LogP contribution in [0.2, 0.25) is 10.0 Å². The highest BCUT2D eigenvalue weighted by Crippen LogP contribution is 2.21. The topological polar surface area (TPSA) is 83.6 Å². The molecular formula is C24H26Cl2N4O3S. The maximum absolute atomic E-state index is 12.8. The summed E-state index contributed by atoms with van der Waals surface area (Å²) >= 11 is 13.4. The zero-order valence-corrected chi connectivity index (χ0v) is 21.4. The molecule has 2 N–H and O–H groups in total. The van der Waals surface area contributed by atoms with E-state index in [1.54, 1.807) is 53.8 Å². The van der Waals surface area contributed by atoms with Crippen molar-refractivity contribution in [3.05, 3.63) is 74.2 Å². The quantitative estimate of drug-likeness (QED) is 0.369. The molecule has 0 bridgehead atoms. The van der Waals surface area contributed by atoms with Crippen molar-refractivity contribution in [2.24, 2.45) is 0 Å². The molecule has 3 amide bonds. The summed E-state index contributed by atoms with van der Waals surface area (Å²) in [4.78, 5) is 31.4. The molecule has 180 valence electrons. The maximum Gasteiger partial charge on any atom is 0.322 e. The summed E-state index contributed by atoms with van der Waals surface area (Å²) in [7, 11) is 1.59. The van der Waals surface area contributed by atoms with Crippen LogP contribution in [0.15, 0.2) is 47.8 Å². The normalized spacial score (nSPS) is 10.8. The molecule has 0 unspecified atom stereocenters. The average molecular weight is 521 g/mol. The molecule has 0 fully saturated rings. The molecule has 0 radical (unpaired) electrons. The van der Waals surface area contributed by atoms with Crippen LogP contribution in [0, 0.1) is 0 Å². The second-order valence-electron chi connectivity index (χ2n) is 7.75. The Labute approximate surface area is 213 Å². The lowest BCUT2D eigenvalue weighted by atomic mass is 10.1. The van der Waals surface area contributed by atoms with E-state index in [-0.39, 0.29) is 24.5 Å². The van der Waals surface area contributed by atoms with Crippen LogP contribution < -0.4 is 15.4 Å². The smallest absolute Gasteiger partial charge is 0.322 e. The van der Waals surface area contributed by atoms with E-state index < -0.39 is 0 Å². The fourth-order valence-corrected chi connectivity index (χ4v) is 4.39. The highest BCUT2D eigenvalue weighted by atomic mass is 35.5. The number of thiazole rings is 1. The lowest BCUT2D eigenvalue weighted by Crippen LogP contribution is -2.39. The van der Waals surface area contributed by atoms with Crippen LogP contribution in [-0.4, -0.2) is 41.5 Å². The first-order valence-electron chi connectivity index (χ1n) is 10.6. The van der Waals surface area contributed by atoms with Crippen molar-refractivity contribution < 1.29 is 14.3 Å². The second-order valence-corrected chi connectivity index (χ2v) is 9.53. The number of hydrogen-bond donors (Lipinski definition) is 2. The van der Waals surface area contributed by atoms with Gasteiger partial charge in [-0.05, 0) is 62.2 Å². The summed E-state index contributed by atoms with van der Waals surface area (Å²) in [6.45, 7) is 4.56. The minimum atomic E-state index is -0.272. The van der Waals surface area contributed by atoms with Crippen molar-refractivity contribution in [3.63, 3.8) is 0 Å². The van der Waals surface area contributed by atoms with Crippen LogP contribution in [0.3, 0.4) is 0 Å². The molecule has 0 aliphatic rings. The second kappa shape index (κ2) is 12.1. The van der Waals surface area contributed by atoms with Crippen molar-refractivity contribution in [2.75, 3.05) is 19.0 Å². The molecule has 0 saturated carbocycles. The number of urea groups is 1. The molecule has 0 atom stereocenters. The lowest BCUT2D eigenvalue weighted by Gasteiger charge is -2.26. The Morgan fingerprint density at radius 1 is 1.15 bits per heavy atom. The lowest BCUT2D eigenvalue weighted by molar-refractivity contribution is 0.0949. The molecule has 2 aromatic carbocycles. The molecular weight excluding hydrogens is 495 g/mol. The van der Waals surface area contributed by atoms with Gasteiger partial charge in [0.25, 0.3) is 5.91 Å². The van der Waals surface area contributed by atoms with Crippen LogP contribution in [-0.2, 0) is 13.0 Å². The van der Waals surface area contributed by atoms with Gasteiger partial charge in [0.05, 0.1) is 13.7 Å². The number of methoxy groups -OCH3 is 1. The van der Waals surface area contributed by atoms with Crippen LogP contribution in [0.4, 0.5) is 10.5 Å². The average Bonchev–Trinajstić information content (AvgIpc) is 3.28. The summed E-state index contributed by atoms with van der Waals surface area (Å²) in [6, 6.07) is 12.1. The van der Waals surface area contributed by atoms with Gasteiger partial charge in [-0.25, -0.2) is 9.78 Å². The number of amides is 3. The number of hydrogen-bond acceptors (Lipinski definition) is 5. The van der Waals surface area contributed by atoms with E-state index in [1.807, 2.05) is 19.9 Å². The van der Waals surface area contributed by atoms with E-state index in [4.69, 9.17) is 27.9 Å². The third kappa shape index (κ3) is 7.09. The summed E-state index contributed by atoms with van der Waals surface area (Å²) < 4.78 is 5.14. The predicted octanol–water partition coefficient (Wildman–Crippen LogP) is 5.87. The van der Waals surface area contributed by atoms with E-state index in [0.29, 0.717) is 45.1 Å². The number of halogens is 2. The molecule has 0 aliphatic heterocycles. The van der Waals surface area contributed by atoms with Gasteiger partial charge in [0.2, 0.25) is 0 Å². The molecule has 0 aliphatic carbocycles. The van der Waals surface area contributed by atoms with E-state index >= 15 is 0 Å². The van der Waals surface area contributed by atoms with E-state index in [0.717, 1.165) is 5.56 Å². The monoisotopic (exact) mass is 520 g/mol. The highest BCUT2D eigenvalue weighted by Gasteiger charge is 2.20. The minimum Gasteiger partial charge on any atom is -0.497 e. The first kappa shape index (κ1) is 25.8. The standard InChI is InChI=1S/C24H26Cl2N4O3S/c1-15(2)30(24(32)28-18-6-8-19(33-3)9-7-18)13-22-29-21(14-34-22)23(31)27-11-10-16-4-5-17(25)12-20(16)26/h4-9,12,14-15H,10-11,13H2,1-3H3,(H,27,31)(H,28,32). The summed E-state index contributed by atoms with van der Waals surface area (Å²) in [5.41, 5.74) is 1.89. The van der Waals surface area contributed by atoms with Gasteiger partial charge in [-0.15, -0.1) is 11.3 Å². The van der Waals surface area contributed by atoms with E-state index in [2.05, 4.69) is 15.6 Å². The zero-order valence-electron chi connectivity index (χ0n) is 19.1. The summed E-state index contributed by atoms with van der Waals surface area (Å²) in [5, 5.41) is 9.24. The van der Waals surface area contributed by atoms with Crippen LogP contribution in [0.1, 0.15) is 34.9 Å². The highest BCUT2D eigenvalue weighted by molar-refractivity contribution is 7.09. The fraction of sp³-hybridized carbons (Fsp3) is 0.292. The molecule has 0 saturated heterocycles. The van der Waals surface area contributed by atoms with Gasteiger partial charge in [-0.2, -0.15) is 0 Å². The number of rotatable bonds is 9. The van der Waals surface area contributed by atoms with Crippen LogP contribution in [0.5, 0.6) is 5.75 Å². The molecule has 1 aromatic heterocycles. The Hall–Kier alpha value is -2.81. The predicted molar refractivity (Wildman–Crippen MR) is 137 cm³/mol. The maximum atomic E-state index is 12.8. The fourth-order valence-electron chi connectivity index (χ4n) is 3.12. The molecule has 7 nitrogen and oxygen atoms in total. The molecule has 3 rings (SSSR count). The minimum absolute atomic E-state index is 0.0662. The SMILES string of the molecule is COc1ccc(NC(=O)N(Cc2nc(C(=O)NCCc3ccc(Cl)cc3Cl)cs2)C(C)C)cc1. The van der Waals surface area contributed by atoms with Gasteiger partial charge in [0, 0.05) is 33.7 Å². The molecule has 1 heterocycles.